The molecular formula is C26H30N4O3. The normalized spacial score (nSPS) is 14.9. The number of hydrogen-bond donors (Lipinski definition) is 0. The number of pyridine rings is 2. The Hall–Kier alpha value is -3.48. The maximum atomic E-state index is 5.72. The van der Waals surface area contributed by atoms with Crippen molar-refractivity contribution in [3.05, 3.63) is 64.6 Å². The van der Waals surface area contributed by atoms with Crippen LogP contribution in [0.4, 0.5) is 0 Å². The first-order chi connectivity index (χ1) is 16.1. The highest BCUT2D eigenvalue weighted by molar-refractivity contribution is 6.03. The van der Waals surface area contributed by atoms with Crippen molar-refractivity contribution in [2.24, 2.45) is 10.3 Å². The number of aryl methyl sites for hydroxylation is 2. The molecule has 3 aromatic rings. The van der Waals surface area contributed by atoms with Gasteiger partial charge >= 0.3 is 0 Å². The van der Waals surface area contributed by atoms with E-state index in [1.807, 2.05) is 37.3 Å². The maximum Gasteiger partial charge on any atom is 0.121 e. The average molecular weight is 447 g/mol. The predicted octanol–water partition coefficient (Wildman–Crippen LogP) is 5.01. The minimum atomic E-state index is 0.524. The van der Waals surface area contributed by atoms with E-state index in [-0.39, 0.29) is 0 Å². The number of aromatic nitrogens is 2. The zero-order valence-electron chi connectivity index (χ0n) is 19.7. The van der Waals surface area contributed by atoms with Crippen LogP contribution in [0.25, 0.3) is 10.9 Å². The van der Waals surface area contributed by atoms with Crippen LogP contribution in [0.1, 0.15) is 54.4 Å². The van der Waals surface area contributed by atoms with Crippen molar-refractivity contribution in [1.82, 2.24) is 9.97 Å². The summed E-state index contributed by atoms with van der Waals surface area (Å²) < 4.78 is 5.38. The molecule has 0 bridgehead atoms. The van der Waals surface area contributed by atoms with Gasteiger partial charge in [0.25, 0.3) is 0 Å². The van der Waals surface area contributed by atoms with Crippen LogP contribution >= 0.6 is 0 Å². The van der Waals surface area contributed by atoms with E-state index in [2.05, 4.69) is 28.3 Å². The number of rotatable bonds is 8. The first-order valence-electron chi connectivity index (χ1n) is 11.3. The SMILES string of the molecule is CON=C(C)c1cccc(CCCON=C2CCCc3c2nc2cc(OC)ccc2c3C)n1. The summed E-state index contributed by atoms with van der Waals surface area (Å²) >= 11 is 0. The molecule has 0 amide bonds. The van der Waals surface area contributed by atoms with Crippen molar-refractivity contribution in [3.63, 3.8) is 0 Å². The summed E-state index contributed by atoms with van der Waals surface area (Å²) in [6.07, 6.45) is 4.57. The maximum absolute atomic E-state index is 5.72. The lowest BCUT2D eigenvalue weighted by molar-refractivity contribution is 0.141. The highest BCUT2D eigenvalue weighted by Gasteiger charge is 2.21. The predicted molar refractivity (Wildman–Crippen MR) is 130 cm³/mol. The number of nitrogens with zero attached hydrogens (tertiary/aromatic N) is 4. The summed E-state index contributed by atoms with van der Waals surface area (Å²) in [6.45, 7) is 4.57. The highest BCUT2D eigenvalue weighted by atomic mass is 16.6. The molecule has 7 heteroatoms. The lowest BCUT2D eigenvalue weighted by atomic mass is 9.89. The number of hydrogen-bond acceptors (Lipinski definition) is 7. The minimum absolute atomic E-state index is 0.524. The molecule has 0 fully saturated rings. The Morgan fingerprint density at radius 2 is 1.97 bits per heavy atom. The van der Waals surface area contributed by atoms with Crippen molar-refractivity contribution in [2.75, 3.05) is 20.8 Å². The highest BCUT2D eigenvalue weighted by Crippen LogP contribution is 2.30. The molecule has 172 valence electrons. The van der Waals surface area contributed by atoms with Crippen LogP contribution in [0.2, 0.25) is 0 Å². The monoisotopic (exact) mass is 446 g/mol. The largest absolute Gasteiger partial charge is 0.497 e. The Morgan fingerprint density at radius 3 is 2.79 bits per heavy atom. The Morgan fingerprint density at radius 1 is 1.09 bits per heavy atom. The molecule has 33 heavy (non-hydrogen) atoms. The molecule has 0 radical (unpaired) electrons. The first kappa shape index (κ1) is 22.7. The molecular weight excluding hydrogens is 416 g/mol. The van der Waals surface area contributed by atoms with Gasteiger partial charge in [0.05, 0.1) is 24.0 Å². The van der Waals surface area contributed by atoms with Gasteiger partial charge < -0.3 is 14.4 Å². The van der Waals surface area contributed by atoms with Gasteiger partial charge in [0.15, 0.2) is 0 Å². The summed E-state index contributed by atoms with van der Waals surface area (Å²) in [4.78, 5) is 20.1. The van der Waals surface area contributed by atoms with E-state index in [0.717, 1.165) is 77.3 Å². The quantitative estimate of drug-likeness (QED) is 0.276. The summed E-state index contributed by atoms with van der Waals surface area (Å²) in [6, 6.07) is 12.0. The average Bonchev–Trinajstić information content (AvgIpc) is 2.84. The number of oxime groups is 2. The number of ether oxygens (including phenoxy) is 1. The van der Waals surface area contributed by atoms with Gasteiger partial charge in [-0.05, 0) is 81.3 Å². The zero-order valence-corrected chi connectivity index (χ0v) is 19.7. The van der Waals surface area contributed by atoms with Crippen molar-refractivity contribution in [1.29, 1.82) is 0 Å². The standard InChI is InChI=1S/C26H30N4O3/c1-17-21-14-13-20(31-3)16-25(21)28-26-22(17)10-6-12-24(26)30-33-15-7-9-19-8-5-11-23(27-19)18(2)29-32-4/h5,8,11,13-14,16H,6-7,9-10,12,15H2,1-4H3. The van der Waals surface area contributed by atoms with Crippen LogP contribution in [0.3, 0.4) is 0 Å². The van der Waals surface area contributed by atoms with Crippen molar-refractivity contribution in [2.45, 2.75) is 46.0 Å². The van der Waals surface area contributed by atoms with Gasteiger partial charge in [0.2, 0.25) is 0 Å². The second kappa shape index (κ2) is 10.4. The Kier molecular flexibility index (Phi) is 7.17. The third-order valence-corrected chi connectivity index (χ3v) is 5.94. The van der Waals surface area contributed by atoms with Gasteiger partial charge in [-0.1, -0.05) is 16.4 Å². The lowest BCUT2D eigenvalue weighted by Gasteiger charge is -2.20. The molecule has 1 aliphatic rings. The van der Waals surface area contributed by atoms with Gasteiger partial charge in [-0.3, -0.25) is 4.98 Å². The third kappa shape index (κ3) is 5.13. The topological polar surface area (TPSA) is 78.2 Å². The van der Waals surface area contributed by atoms with Crippen molar-refractivity contribution < 1.29 is 14.4 Å². The number of methoxy groups -OCH3 is 1. The Bertz CT molecular complexity index is 1200. The molecule has 0 spiro atoms. The van der Waals surface area contributed by atoms with Crippen LogP contribution in [0, 0.1) is 6.92 Å². The summed E-state index contributed by atoms with van der Waals surface area (Å²) in [5.74, 6) is 0.807. The molecule has 0 saturated carbocycles. The molecule has 1 aliphatic carbocycles. The Balaban J connectivity index is 1.43. The fourth-order valence-corrected chi connectivity index (χ4v) is 4.21. The third-order valence-electron chi connectivity index (χ3n) is 5.94. The fourth-order valence-electron chi connectivity index (χ4n) is 4.21. The Labute approximate surface area is 194 Å². The lowest BCUT2D eigenvalue weighted by Crippen LogP contribution is -2.16. The summed E-state index contributed by atoms with van der Waals surface area (Å²) in [7, 11) is 3.21. The van der Waals surface area contributed by atoms with E-state index < -0.39 is 0 Å². The summed E-state index contributed by atoms with van der Waals surface area (Å²) in [5.41, 5.74) is 7.93. The molecule has 4 rings (SSSR count). The van der Waals surface area contributed by atoms with Gasteiger partial charge in [-0.15, -0.1) is 0 Å². The van der Waals surface area contributed by atoms with Crippen LogP contribution in [0.15, 0.2) is 46.7 Å². The van der Waals surface area contributed by atoms with Crippen LogP contribution in [-0.4, -0.2) is 42.2 Å². The fraction of sp³-hybridized carbons (Fsp3) is 0.385. The second-order valence-electron chi connectivity index (χ2n) is 8.15. The molecule has 0 atom stereocenters. The molecule has 1 aromatic carbocycles. The van der Waals surface area contributed by atoms with E-state index >= 15 is 0 Å². The number of benzene rings is 1. The molecule has 0 aliphatic heterocycles. The van der Waals surface area contributed by atoms with E-state index in [0.29, 0.717) is 6.61 Å². The van der Waals surface area contributed by atoms with Gasteiger partial charge in [0, 0.05) is 17.1 Å². The van der Waals surface area contributed by atoms with Gasteiger partial charge in [-0.2, -0.15) is 0 Å². The first-order valence-corrected chi connectivity index (χ1v) is 11.3. The van der Waals surface area contributed by atoms with E-state index in [4.69, 9.17) is 19.4 Å². The minimum Gasteiger partial charge on any atom is -0.497 e. The van der Waals surface area contributed by atoms with Crippen molar-refractivity contribution in [3.8, 4) is 5.75 Å². The molecule has 2 heterocycles. The summed E-state index contributed by atoms with van der Waals surface area (Å²) in [5, 5.41) is 9.60. The van der Waals surface area contributed by atoms with Crippen LogP contribution < -0.4 is 4.74 Å². The molecule has 2 aromatic heterocycles. The smallest absolute Gasteiger partial charge is 0.121 e. The molecule has 0 saturated heterocycles. The van der Waals surface area contributed by atoms with Gasteiger partial charge in [-0.25, -0.2) is 4.98 Å². The van der Waals surface area contributed by atoms with Gasteiger partial charge in [0.1, 0.15) is 30.9 Å². The molecule has 0 unspecified atom stereocenters. The zero-order chi connectivity index (χ0) is 23.2. The van der Waals surface area contributed by atoms with E-state index in [1.54, 1.807) is 7.11 Å². The molecule has 7 nitrogen and oxygen atoms in total. The van der Waals surface area contributed by atoms with E-state index in [9.17, 15) is 0 Å². The van der Waals surface area contributed by atoms with Crippen LogP contribution in [0.5, 0.6) is 5.75 Å². The second-order valence-corrected chi connectivity index (χ2v) is 8.15. The molecule has 0 N–H and O–H groups in total. The number of fused-ring (bicyclic) bond motifs is 2. The van der Waals surface area contributed by atoms with Crippen LogP contribution in [-0.2, 0) is 22.5 Å². The van der Waals surface area contributed by atoms with E-state index in [1.165, 1.54) is 18.2 Å². The van der Waals surface area contributed by atoms with Crippen molar-refractivity contribution >= 4 is 22.3 Å².